The van der Waals surface area contributed by atoms with Gasteiger partial charge in [0.25, 0.3) is 0 Å². The first-order valence-corrected chi connectivity index (χ1v) is 9.67. The van der Waals surface area contributed by atoms with E-state index in [2.05, 4.69) is 102 Å². The third kappa shape index (κ3) is 3.11. The number of hydrogen-bond acceptors (Lipinski definition) is 3. The molecule has 0 bridgehead atoms. The van der Waals surface area contributed by atoms with E-state index >= 15 is 0 Å². The van der Waals surface area contributed by atoms with Crippen molar-refractivity contribution >= 4 is 0 Å². The lowest BCUT2D eigenvalue weighted by atomic mass is 9.77. The van der Waals surface area contributed by atoms with Crippen LogP contribution in [-0.2, 0) is 12.0 Å². The average Bonchev–Trinajstić information content (AvgIpc) is 3.19. The van der Waals surface area contributed by atoms with Gasteiger partial charge < -0.3 is 0 Å². The number of benzene rings is 3. The van der Waals surface area contributed by atoms with Gasteiger partial charge in [-0.05, 0) is 33.0 Å². The zero-order chi connectivity index (χ0) is 19.4. The van der Waals surface area contributed by atoms with Gasteiger partial charge in [-0.3, -0.25) is 0 Å². The minimum absolute atomic E-state index is 0.449. The van der Waals surface area contributed by atoms with Crippen LogP contribution in [0.1, 0.15) is 36.4 Å². The van der Waals surface area contributed by atoms with Crippen LogP contribution in [0.15, 0.2) is 91.0 Å². The molecule has 0 aliphatic carbocycles. The fraction of sp³-hybridized carbons (Fsp3) is 0.208. The fourth-order valence-electron chi connectivity index (χ4n) is 3.86. The summed E-state index contributed by atoms with van der Waals surface area (Å²) in [4.78, 5) is 0. The van der Waals surface area contributed by atoms with Gasteiger partial charge in [-0.25, -0.2) is 4.68 Å². The molecule has 0 aliphatic rings. The maximum absolute atomic E-state index is 4.53. The largest absolute Gasteiger partial charge is 0.210 e. The second-order valence-electron chi connectivity index (χ2n) is 7.41. The third-order valence-electron chi connectivity index (χ3n) is 5.02. The predicted molar refractivity (Wildman–Crippen MR) is 111 cm³/mol. The molecule has 0 N–H and O–H groups in total. The predicted octanol–water partition coefficient (Wildman–Crippen LogP) is 4.71. The highest BCUT2D eigenvalue weighted by Gasteiger charge is 2.41. The third-order valence-corrected chi connectivity index (χ3v) is 5.02. The zero-order valence-corrected chi connectivity index (χ0v) is 16.2. The minimum atomic E-state index is -0.641. The highest BCUT2D eigenvalue weighted by Crippen LogP contribution is 2.40. The smallest absolute Gasteiger partial charge is 0.153 e. The highest BCUT2D eigenvalue weighted by molar-refractivity contribution is 5.50. The molecule has 3 aromatic carbocycles. The van der Waals surface area contributed by atoms with Gasteiger partial charge in [0.15, 0.2) is 5.82 Å². The Morgan fingerprint density at radius 3 is 1.54 bits per heavy atom. The van der Waals surface area contributed by atoms with Crippen LogP contribution < -0.4 is 0 Å². The van der Waals surface area contributed by atoms with Crippen LogP contribution in [0.2, 0.25) is 0 Å². The Balaban J connectivity index is 2.10. The summed E-state index contributed by atoms with van der Waals surface area (Å²) in [6.07, 6.45) is 0.807. The Labute approximate surface area is 165 Å². The normalized spacial score (nSPS) is 11.7. The molecule has 0 saturated heterocycles. The summed E-state index contributed by atoms with van der Waals surface area (Å²) in [5.74, 6) is 1.33. The van der Waals surface area contributed by atoms with Crippen LogP contribution in [0.5, 0.6) is 0 Å². The Morgan fingerprint density at radius 1 is 0.714 bits per heavy atom. The number of tetrazole rings is 1. The summed E-state index contributed by atoms with van der Waals surface area (Å²) >= 11 is 0. The van der Waals surface area contributed by atoms with E-state index in [1.165, 1.54) is 0 Å². The number of aromatic nitrogens is 4. The standard InChI is InChI=1S/C24H24N4/c1-19(2)18-23-25-26-27-28(23)24(20-12-6-3-7-13-20,21-14-8-4-9-15-21)22-16-10-5-11-17-22/h3-17,19H,18H2,1-2H3. The molecule has 0 spiro atoms. The van der Waals surface area contributed by atoms with Gasteiger partial charge in [0.2, 0.25) is 0 Å². The van der Waals surface area contributed by atoms with Crippen LogP contribution >= 0.6 is 0 Å². The minimum Gasteiger partial charge on any atom is -0.210 e. The average molecular weight is 368 g/mol. The van der Waals surface area contributed by atoms with Crippen molar-refractivity contribution in [2.75, 3.05) is 0 Å². The lowest BCUT2D eigenvalue weighted by molar-refractivity contribution is 0.420. The van der Waals surface area contributed by atoms with E-state index in [9.17, 15) is 0 Å². The van der Waals surface area contributed by atoms with Crippen LogP contribution in [-0.4, -0.2) is 20.2 Å². The summed E-state index contributed by atoms with van der Waals surface area (Å²) in [5, 5.41) is 13.0. The van der Waals surface area contributed by atoms with Crippen molar-refractivity contribution in [2.24, 2.45) is 5.92 Å². The second-order valence-corrected chi connectivity index (χ2v) is 7.41. The first kappa shape index (κ1) is 18.1. The molecule has 0 radical (unpaired) electrons. The van der Waals surface area contributed by atoms with Crippen molar-refractivity contribution in [3.63, 3.8) is 0 Å². The summed E-state index contributed by atoms with van der Waals surface area (Å²) in [6.45, 7) is 4.38. The van der Waals surface area contributed by atoms with Crippen LogP contribution in [0.25, 0.3) is 0 Å². The van der Waals surface area contributed by atoms with E-state index in [1.54, 1.807) is 0 Å². The monoisotopic (exact) mass is 368 g/mol. The van der Waals surface area contributed by atoms with Gasteiger partial charge in [-0.2, -0.15) is 0 Å². The molecule has 4 aromatic rings. The molecule has 0 saturated carbocycles. The van der Waals surface area contributed by atoms with Crippen LogP contribution in [0.4, 0.5) is 0 Å². The first-order chi connectivity index (χ1) is 13.7. The molecule has 1 aromatic heterocycles. The van der Waals surface area contributed by atoms with Crippen molar-refractivity contribution in [3.8, 4) is 0 Å². The SMILES string of the molecule is CC(C)Cc1nnnn1C(c1ccccc1)(c1ccccc1)c1ccccc1. The van der Waals surface area contributed by atoms with E-state index in [-0.39, 0.29) is 0 Å². The molecule has 0 unspecified atom stereocenters. The lowest BCUT2D eigenvalue weighted by Gasteiger charge is -2.36. The van der Waals surface area contributed by atoms with Gasteiger partial charge in [0.1, 0.15) is 5.54 Å². The van der Waals surface area contributed by atoms with Crippen molar-refractivity contribution in [3.05, 3.63) is 114 Å². The molecular formula is C24H24N4. The Bertz CT molecular complexity index is 912. The zero-order valence-electron chi connectivity index (χ0n) is 16.2. The maximum Gasteiger partial charge on any atom is 0.153 e. The molecule has 0 atom stereocenters. The molecule has 4 rings (SSSR count). The van der Waals surface area contributed by atoms with Gasteiger partial charge >= 0.3 is 0 Å². The number of hydrogen-bond donors (Lipinski definition) is 0. The Kier molecular flexibility index (Phi) is 5.02. The molecule has 0 amide bonds. The fourth-order valence-corrected chi connectivity index (χ4v) is 3.86. The molecule has 0 aliphatic heterocycles. The summed E-state index contributed by atoms with van der Waals surface area (Å²) in [5.41, 5.74) is 2.75. The molecule has 1 heterocycles. The Hall–Kier alpha value is -3.27. The molecule has 140 valence electrons. The summed E-state index contributed by atoms with van der Waals surface area (Å²) in [6, 6.07) is 31.5. The van der Waals surface area contributed by atoms with Crippen molar-refractivity contribution in [1.29, 1.82) is 0 Å². The second kappa shape index (κ2) is 7.77. The molecule has 28 heavy (non-hydrogen) atoms. The van der Waals surface area contributed by atoms with E-state index in [0.717, 1.165) is 28.9 Å². The van der Waals surface area contributed by atoms with Crippen molar-refractivity contribution in [2.45, 2.75) is 25.8 Å². The number of rotatable bonds is 6. The Morgan fingerprint density at radius 2 is 1.14 bits per heavy atom. The molecule has 0 fully saturated rings. The van der Waals surface area contributed by atoms with Crippen LogP contribution in [0, 0.1) is 5.92 Å². The molecule has 4 nitrogen and oxygen atoms in total. The molecular weight excluding hydrogens is 344 g/mol. The van der Waals surface area contributed by atoms with E-state index in [1.807, 2.05) is 22.9 Å². The number of nitrogens with zero attached hydrogens (tertiary/aromatic N) is 4. The first-order valence-electron chi connectivity index (χ1n) is 9.67. The van der Waals surface area contributed by atoms with Crippen molar-refractivity contribution in [1.82, 2.24) is 20.2 Å². The summed E-state index contributed by atoms with van der Waals surface area (Å²) < 4.78 is 2.01. The maximum atomic E-state index is 4.53. The van der Waals surface area contributed by atoms with Gasteiger partial charge in [0.05, 0.1) is 0 Å². The van der Waals surface area contributed by atoms with Crippen molar-refractivity contribution < 1.29 is 0 Å². The van der Waals surface area contributed by atoms with E-state index in [4.69, 9.17) is 0 Å². The van der Waals surface area contributed by atoms with Gasteiger partial charge in [-0.15, -0.1) is 5.10 Å². The van der Waals surface area contributed by atoms with Crippen LogP contribution in [0.3, 0.4) is 0 Å². The van der Waals surface area contributed by atoms with E-state index < -0.39 is 5.54 Å². The summed E-state index contributed by atoms with van der Waals surface area (Å²) in [7, 11) is 0. The lowest BCUT2D eigenvalue weighted by Crippen LogP contribution is -2.40. The topological polar surface area (TPSA) is 43.6 Å². The highest BCUT2D eigenvalue weighted by atomic mass is 15.6. The molecule has 4 heteroatoms. The quantitative estimate of drug-likeness (QED) is 0.463. The van der Waals surface area contributed by atoms with E-state index in [0.29, 0.717) is 5.92 Å². The van der Waals surface area contributed by atoms with Gasteiger partial charge in [-0.1, -0.05) is 105 Å². The van der Waals surface area contributed by atoms with Gasteiger partial charge in [0, 0.05) is 6.42 Å².